The van der Waals surface area contributed by atoms with Crippen LogP contribution >= 0.6 is 11.6 Å². The van der Waals surface area contributed by atoms with Gasteiger partial charge in [0, 0.05) is 17.0 Å². The van der Waals surface area contributed by atoms with Crippen LogP contribution in [0, 0.1) is 5.41 Å². The zero-order chi connectivity index (χ0) is 14.4. The number of hydrogen-bond acceptors (Lipinski definition) is 1. The second kappa shape index (κ2) is 6.71. The first-order chi connectivity index (χ1) is 9.63. The van der Waals surface area contributed by atoms with Crippen LogP contribution in [0.1, 0.15) is 25.0 Å². The highest BCUT2D eigenvalue weighted by atomic mass is 35.5. The van der Waals surface area contributed by atoms with Gasteiger partial charge in [-0.25, -0.2) is 0 Å². The summed E-state index contributed by atoms with van der Waals surface area (Å²) in [4.78, 5) is 4.84. The summed E-state index contributed by atoms with van der Waals surface area (Å²) in [6.45, 7) is 4.96. The van der Waals surface area contributed by atoms with Gasteiger partial charge >= 0.3 is 0 Å². The Morgan fingerprint density at radius 1 is 0.950 bits per heavy atom. The van der Waals surface area contributed by atoms with E-state index < -0.39 is 0 Å². The topological polar surface area (TPSA) is 12.4 Å². The fraction of sp³-hybridized carbons (Fsp3) is 0.278. The average Bonchev–Trinajstić information content (AvgIpc) is 2.49. The summed E-state index contributed by atoms with van der Waals surface area (Å²) in [7, 11) is 0. The highest BCUT2D eigenvalue weighted by Gasteiger charge is 2.25. The first-order valence-electron chi connectivity index (χ1n) is 6.84. The third-order valence-corrected chi connectivity index (χ3v) is 3.95. The lowest BCUT2D eigenvalue weighted by Crippen LogP contribution is -2.27. The summed E-state index contributed by atoms with van der Waals surface area (Å²) in [6.07, 6.45) is 0. The van der Waals surface area contributed by atoms with Crippen molar-refractivity contribution >= 4 is 17.3 Å². The second-order valence-electron chi connectivity index (χ2n) is 5.53. The maximum Gasteiger partial charge on any atom is 0.0643 e. The van der Waals surface area contributed by atoms with Gasteiger partial charge in [-0.3, -0.25) is 4.99 Å². The van der Waals surface area contributed by atoms with Crippen molar-refractivity contribution in [3.05, 3.63) is 71.8 Å². The van der Waals surface area contributed by atoms with Gasteiger partial charge in [0.25, 0.3) is 0 Å². The molecule has 0 aliphatic heterocycles. The predicted molar refractivity (Wildman–Crippen MR) is 87.6 cm³/mol. The molecule has 2 heteroatoms. The number of hydrogen-bond donors (Lipinski definition) is 0. The normalized spacial score (nSPS) is 12.4. The van der Waals surface area contributed by atoms with E-state index in [4.69, 9.17) is 16.6 Å². The second-order valence-corrected chi connectivity index (χ2v) is 5.80. The molecule has 0 saturated carbocycles. The molecule has 104 valence electrons. The molecule has 0 spiro atoms. The molecule has 0 N–H and O–H groups in total. The molecule has 0 saturated heterocycles. The van der Waals surface area contributed by atoms with Crippen LogP contribution in [0.5, 0.6) is 0 Å². The largest absolute Gasteiger partial charge is 0.284 e. The van der Waals surface area contributed by atoms with Crippen molar-refractivity contribution in [2.75, 3.05) is 5.88 Å². The van der Waals surface area contributed by atoms with Crippen molar-refractivity contribution in [1.29, 1.82) is 0 Å². The minimum Gasteiger partial charge on any atom is -0.284 e. The van der Waals surface area contributed by atoms with Gasteiger partial charge in [0.15, 0.2) is 0 Å². The van der Waals surface area contributed by atoms with E-state index in [2.05, 4.69) is 38.1 Å². The molecule has 0 aliphatic carbocycles. The van der Waals surface area contributed by atoms with E-state index in [0.717, 1.165) is 11.3 Å². The number of aliphatic imine (C=N–C) groups is 1. The number of alkyl halides is 1. The molecular formula is C18H20ClN. The van der Waals surface area contributed by atoms with Crippen LogP contribution < -0.4 is 0 Å². The fourth-order valence-corrected chi connectivity index (χ4v) is 2.24. The first-order valence-corrected chi connectivity index (χ1v) is 7.37. The van der Waals surface area contributed by atoms with Crippen molar-refractivity contribution in [1.82, 2.24) is 0 Å². The van der Waals surface area contributed by atoms with Gasteiger partial charge in [0.1, 0.15) is 0 Å². The molecule has 20 heavy (non-hydrogen) atoms. The molecule has 0 aliphatic rings. The van der Waals surface area contributed by atoms with Crippen molar-refractivity contribution in [2.45, 2.75) is 20.4 Å². The molecule has 2 rings (SSSR count). The Labute approximate surface area is 126 Å². The Hall–Kier alpha value is -1.60. The van der Waals surface area contributed by atoms with Gasteiger partial charge in [0.2, 0.25) is 0 Å². The number of benzene rings is 2. The quantitative estimate of drug-likeness (QED) is 0.545. The number of rotatable bonds is 5. The summed E-state index contributed by atoms with van der Waals surface area (Å²) in [5.41, 5.74) is 3.29. The minimum atomic E-state index is -0.141. The molecule has 2 aromatic carbocycles. The van der Waals surface area contributed by atoms with Gasteiger partial charge < -0.3 is 0 Å². The van der Waals surface area contributed by atoms with Crippen molar-refractivity contribution in [3.63, 3.8) is 0 Å². The molecule has 0 heterocycles. The van der Waals surface area contributed by atoms with Crippen LogP contribution in [0.4, 0.5) is 0 Å². The van der Waals surface area contributed by atoms with E-state index in [9.17, 15) is 0 Å². The molecule has 0 unspecified atom stereocenters. The fourth-order valence-electron chi connectivity index (χ4n) is 2.11. The Morgan fingerprint density at radius 3 is 2.05 bits per heavy atom. The monoisotopic (exact) mass is 285 g/mol. The molecule has 0 fully saturated rings. The van der Waals surface area contributed by atoms with E-state index in [1.54, 1.807) is 0 Å². The third kappa shape index (κ3) is 3.71. The first kappa shape index (κ1) is 14.8. The molecular weight excluding hydrogens is 266 g/mol. The van der Waals surface area contributed by atoms with Crippen molar-refractivity contribution < 1.29 is 0 Å². The van der Waals surface area contributed by atoms with Gasteiger partial charge in [-0.05, 0) is 11.1 Å². The van der Waals surface area contributed by atoms with Gasteiger partial charge in [-0.2, -0.15) is 0 Å². The standard InChI is InChI=1S/C18H20ClN/c1-18(2,14-19)17(16-11-7-4-8-12-16)20-13-15-9-5-3-6-10-15/h3-12H,13-14H2,1-2H3/b20-17+. The molecule has 2 aromatic rings. The lowest BCUT2D eigenvalue weighted by atomic mass is 9.85. The zero-order valence-corrected chi connectivity index (χ0v) is 12.8. The number of nitrogens with zero attached hydrogens (tertiary/aromatic N) is 1. The molecule has 1 nitrogen and oxygen atoms in total. The van der Waals surface area contributed by atoms with Crippen LogP contribution in [0.3, 0.4) is 0 Å². The lowest BCUT2D eigenvalue weighted by Gasteiger charge is -2.24. The summed E-state index contributed by atoms with van der Waals surface area (Å²) in [5, 5.41) is 0. The van der Waals surface area contributed by atoms with Gasteiger partial charge in [-0.15, -0.1) is 11.6 Å². The van der Waals surface area contributed by atoms with E-state index in [1.807, 2.05) is 36.4 Å². The van der Waals surface area contributed by atoms with Gasteiger partial charge in [-0.1, -0.05) is 74.5 Å². The maximum absolute atomic E-state index is 6.14. The molecule has 0 bridgehead atoms. The lowest BCUT2D eigenvalue weighted by molar-refractivity contribution is 0.596. The highest BCUT2D eigenvalue weighted by molar-refractivity contribution is 6.21. The van der Waals surface area contributed by atoms with Crippen LogP contribution in [-0.4, -0.2) is 11.6 Å². The van der Waals surface area contributed by atoms with E-state index >= 15 is 0 Å². The van der Waals surface area contributed by atoms with Crippen LogP contribution in [0.2, 0.25) is 0 Å². The average molecular weight is 286 g/mol. The van der Waals surface area contributed by atoms with Gasteiger partial charge in [0.05, 0.1) is 6.54 Å². The smallest absolute Gasteiger partial charge is 0.0643 e. The predicted octanol–water partition coefficient (Wildman–Crippen LogP) is 4.94. The van der Waals surface area contributed by atoms with Crippen LogP contribution in [0.15, 0.2) is 65.7 Å². The SMILES string of the molecule is CC(C)(CCl)/C(=N/Cc1ccccc1)c1ccccc1. The Kier molecular flexibility index (Phi) is 4.97. The minimum absolute atomic E-state index is 0.141. The van der Waals surface area contributed by atoms with Crippen LogP contribution in [-0.2, 0) is 6.54 Å². The summed E-state index contributed by atoms with van der Waals surface area (Å²) >= 11 is 6.14. The summed E-state index contributed by atoms with van der Waals surface area (Å²) in [5.74, 6) is 0.551. The van der Waals surface area contributed by atoms with Crippen LogP contribution in [0.25, 0.3) is 0 Å². The summed E-state index contributed by atoms with van der Waals surface area (Å²) in [6, 6.07) is 20.6. The molecule has 0 radical (unpaired) electrons. The Morgan fingerprint density at radius 2 is 1.50 bits per heavy atom. The van der Waals surface area contributed by atoms with E-state index in [0.29, 0.717) is 12.4 Å². The Bertz CT molecular complexity index is 558. The molecule has 0 atom stereocenters. The number of halogens is 1. The van der Waals surface area contributed by atoms with Crippen molar-refractivity contribution in [3.8, 4) is 0 Å². The molecule has 0 amide bonds. The van der Waals surface area contributed by atoms with E-state index in [-0.39, 0.29) is 5.41 Å². The zero-order valence-electron chi connectivity index (χ0n) is 12.0. The summed E-state index contributed by atoms with van der Waals surface area (Å²) < 4.78 is 0. The van der Waals surface area contributed by atoms with E-state index in [1.165, 1.54) is 5.56 Å². The van der Waals surface area contributed by atoms with Crippen molar-refractivity contribution in [2.24, 2.45) is 10.4 Å². The highest BCUT2D eigenvalue weighted by Crippen LogP contribution is 2.25. The third-order valence-electron chi connectivity index (χ3n) is 3.28. The maximum atomic E-state index is 6.14. The molecule has 0 aromatic heterocycles. The Balaban J connectivity index is 2.32.